The van der Waals surface area contributed by atoms with Crippen LogP contribution < -0.4 is 5.32 Å². The van der Waals surface area contributed by atoms with Crippen molar-refractivity contribution in [2.75, 3.05) is 11.9 Å². The summed E-state index contributed by atoms with van der Waals surface area (Å²) in [6.45, 7) is 2.12. The molecule has 1 aromatic heterocycles. The summed E-state index contributed by atoms with van der Waals surface area (Å²) in [6.07, 6.45) is 3.70. The fourth-order valence-corrected chi connectivity index (χ4v) is 4.60. The summed E-state index contributed by atoms with van der Waals surface area (Å²) in [5, 5.41) is 3.63. The molecule has 4 rings (SSSR count). The molecule has 2 aliphatic rings. The summed E-state index contributed by atoms with van der Waals surface area (Å²) in [4.78, 5) is 25.9. The highest BCUT2D eigenvalue weighted by Gasteiger charge is 2.33. The predicted octanol–water partition coefficient (Wildman–Crippen LogP) is 4.23. The number of amides is 1. The third-order valence-electron chi connectivity index (χ3n) is 4.83. The second-order valence-electron chi connectivity index (χ2n) is 6.29. The first-order chi connectivity index (χ1) is 11.7. The van der Waals surface area contributed by atoms with Gasteiger partial charge in [-0.25, -0.2) is 4.79 Å². The number of carbonyl (C=O) groups is 2. The molecule has 0 saturated heterocycles. The molecule has 1 amide bonds. The highest BCUT2D eigenvalue weighted by molar-refractivity contribution is 7.20. The molecular formula is C19H19NO3S. The average molecular weight is 341 g/mol. The number of nitrogens with one attached hydrogen (secondary N) is 1. The van der Waals surface area contributed by atoms with Gasteiger partial charge in [-0.1, -0.05) is 30.7 Å². The molecule has 0 atom stereocenters. The van der Waals surface area contributed by atoms with Crippen LogP contribution in [0.15, 0.2) is 24.3 Å². The zero-order chi connectivity index (χ0) is 16.7. The second-order valence-corrected chi connectivity index (χ2v) is 7.31. The van der Waals surface area contributed by atoms with E-state index in [4.69, 9.17) is 4.74 Å². The first-order valence-corrected chi connectivity index (χ1v) is 9.22. The Hall–Kier alpha value is -2.14. The van der Waals surface area contributed by atoms with Gasteiger partial charge in [-0.3, -0.25) is 4.79 Å². The number of carbonyl (C=O) groups excluding carboxylic acids is 2. The summed E-state index contributed by atoms with van der Waals surface area (Å²) in [6, 6.07) is 8.18. The van der Waals surface area contributed by atoms with Crippen LogP contribution in [-0.4, -0.2) is 18.5 Å². The van der Waals surface area contributed by atoms with Gasteiger partial charge in [0.25, 0.3) is 0 Å². The van der Waals surface area contributed by atoms with Gasteiger partial charge < -0.3 is 10.1 Å². The summed E-state index contributed by atoms with van der Waals surface area (Å²) in [7, 11) is 0. The maximum atomic E-state index is 12.5. The van der Waals surface area contributed by atoms with Gasteiger partial charge in [0.1, 0.15) is 5.00 Å². The minimum absolute atomic E-state index is 0.0278. The number of thiophene rings is 1. The van der Waals surface area contributed by atoms with Crippen LogP contribution in [0.1, 0.15) is 47.7 Å². The molecule has 24 heavy (non-hydrogen) atoms. The minimum atomic E-state index is -0.341. The number of benzene rings is 1. The van der Waals surface area contributed by atoms with E-state index in [2.05, 4.69) is 17.4 Å². The Bertz CT molecular complexity index is 820. The molecule has 1 aromatic carbocycles. The molecule has 0 bridgehead atoms. The Morgan fingerprint density at radius 1 is 1.29 bits per heavy atom. The number of anilines is 1. The average Bonchev–Trinajstić information content (AvgIpc) is 3.00. The molecule has 4 nitrogen and oxygen atoms in total. The molecule has 0 radical (unpaired) electrons. The lowest BCUT2D eigenvalue weighted by atomic mass is 9.85. The Labute approximate surface area is 144 Å². The summed E-state index contributed by atoms with van der Waals surface area (Å²) < 4.78 is 5.25. The van der Waals surface area contributed by atoms with Gasteiger partial charge >= 0.3 is 5.97 Å². The van der Waals surface area contributed by atoms with Gasteiger partial charge in [-0.2, -0.15) is 0 Å². The van der Waals surface area contributed by atoms with Crippen molar-refractivity contribution in [2.24, 2.45) is 5.92 Å². The fraction of sp³-hybridized carbons (Fsp3) is 0.368. The lowest BCUT2D eigenvalue weighted by Crippen LogP contribution is -2.28. The number of ether oxygens (including phenoxy) is 1. The van der Waals surface area contributed by atoms with Crippen molar-refractivity contribution in [3.05, 3.63) is 41.0 Å². The first kappa shape index (κ1) is 15.4. The van der Waals surface area contributed by atoms with E-state index in [-0.39, 0.29) is 17.8 Å². The minimum Gasteiger partial charge on any atom is -0.462 e. The van der Waals surface area contributed by atoms with Gasteiger partial charge in [-0.15, -0.1) is 11.3 Å². The molecule has 0 unspecified atom stereocenters. The number of esters is 1. The quantitative estimate of drug-likeness (QED) is 0.722. The summed E-state index contributed by atoms with van der Waals surface area (Å²) in [5.41, 5.74) is 3.91. The van der Waals surface area contributed by atoms with E-state index in [0.717, 1.165) is 41.7 Å². The van der Waals surface area contributed by atoms with E-state index in [0.29, 0.717) is 17.2 Å². The van der Waals surface area contributed by atoms with Crippen molar-refractivity contribution in [3.8, 4) is 10.4 Å². The SMILES string of the molecule is CCOC(=O)c1c(NC(=O)C2CCC2)sc2c1Cc1ccccc1-2. The number of rotatable bonds is 4. The van der Waals surface area contributed by atoms with Crippen molar-refractivity contribution < 1.29 is 14.3 Å². The van der Waals surface area contributed by atoms with E-state index in [1.165, 1.54) is 16.9 Å². The van der Waals surface area contributed by atoms with Gasteiger partial charge in [-0.05, 0) is 36.5 Å². The van der Waals surface area contributed by atoms with Crippen LogP contribution in [-0.2, 0) is 16.0 Å². The van der Waals surface area contributed by atoms with Gasteiger partial charge in [0, 0.05) is 17.2 Å². The van der Waals surface area contributed by atoms with Gasteiger partial charge in [0.15, 0.2) is 0 Å². The Balaban J connectivity index is 1.73. The first-order valence-electron chi connectivity index (χ1n) is 8.41. The predicted molar refractivity (Wildman–Crippen MR) is 94.5 cm³/mol. The van der Waals surface area contributed by atoms with E-state index in [9.17, 15) is 9.59 Å². The number of hydrogen-bond acceptors (Lipinski definition) is 4. The molecule has 0 spiro atoms. The topological polar surface area (TPSA) is 55.4 Å². The Kier molecular flexibility index (Phi) is 3.88. The van der Waals surface area contributed by atoms with Crippen molar-refractivity contribution in [2.45, 2.75) is 32.6 Å². The molecule has 2 aromatic rings. The van der Waals surface area contributed by atoms with Crippen molar-refractivity contribution >= 4 is 28.2 Å². The lowest BCUT2D eigenvalue weighted by Gasteiger charge is -2.23. The third kappa shape index (κ3) is 2.44. The van der Waals surface area contributed by atoms with Gasteiger partial charge in [0.2, 0.25) is 5.91 Å². The van der Waals surface area contributed by atoms with Crippen molar-refractivity contribution in [3.63, 3.8) is 0 Å². The van der Waals surface area contributed by atoms with E-state index in [1.807, 2.05) is 12.1 Å². The Morgan fingerprint density at radius 3 is 2.79 bits per heavy atom. The number of hydrogen-bond donors (Lipinski definition) is 1. The molecule has 1 heterocycles. The van der Waals surface area contributed by atoms with Crippen LogP contribution in [0, 0.1) is 5.92 Å². The van der Waals surface area contributed by atoms with Crippen LogP contribution in [0.5, 0.6) is 0 Å². The van der Waals surface area contributed by atoms with E-state index >= 15 is 0 Å². The maximum absolute atomic E-state index is 12.5. The molecule has 5 heteroatoms. The summed E-state index contributed by atoms with van der Waals surface area (Å²) >= 11 is 1.49. The molecular weight excluding hydrogens is 322 g/mol. The molecule has 1 fully saturated rings. The molecule has 2 aliphatic carbocycles. The largest absolute Gasteiger partial charge is 0.462 e. The molecule has 1 N–H and O–H groups in total. The normalized spacial score (nSPS) is 15.4. The monoisotopic (exact) mass is 341 g/mol. The van der Waals surface area contributed by atoms with Crippen LogP contribution in [0.25, 0.3) is 10.4 Å². The number of fused-ring (bicyclic) bond motifs is 3. The Morgan fingerprint density at radius 2 is 2.08 bits per heavy atom. The highest BCUT2D eigenvalue weighted by Crippen LogP contribution is 2.48. The smallest absolute Gasteiger partial charge is 0.341 e. The van der Waals surface area contributed by atoms with Crippen LogP contribution in [0.3, 0.4) is 0 Å². The zero-order valence-corrected chi connectivity index (χ0v) is 14.4. The zero-order valence-electron chi connectivity index (χ0n) is 13.6. The van der Waals surface area contributed by atoms with Crippen LogP contribution in [0.4, 0.5) is 5.00 Å². The van der Waals surface area contributed by atoms with Crippen LogP contribution in [0.2, 0.25) is 0 Å². The van der Waals surface area contributed by atoms with Gasteiger partial charge in [0.05, 0.1) is 12.2 Å². The standard InChI is InChI=1S/C19H19NO3S/c1-2-23-19(22)15-14-10-12-6-3-4-9-13(12)16(14)24-18(15)20-17(21)11-7-5-8-11/h3-4,6,9,11H,2,5,7-8,10H2,1H3,(H,20,21). The van der Waals surface area contributed by atoms with Crippen LogP contribution >= 0.6 is 11.3 Å². The van der Waals surface area contributed by atoms with E-state index < -0.39 is 0 Å². The fourth-order valence-electron chi connectivity index (χ4n) is 3.33. The van der Waals surface area contributed by atoms with Crippen molar-refractivity contribution in [1.29, 1.82) is 0 Å². The lowest BCUT2D eigenvalue weighted by molar-refractivity contribution is -0.122. The highest BCUT2D eigenvalue weighted by atomic mass is 32.1. The molecule has 0 aliphatic heterocycles. The second kappa shape index (κ2) is 6.06. The third-order valence-corrected chi connectivity index (χ3v) is 6.01. The van der Waals surface area contributed by atoms with Crippen molar-refractivity contribution in [1.82, 2.24) is 0 Å². The summed E-state index contributed by atoms with van der Waals surface area (Å²) in [5.74, 6) is -0.226. The molecule has 1 saturated carbocycles. The molecule has 124 valence electrons. The maximum Gasteiger partial charge on any atom is 0.341 e. The van der Waals surface area contributed by atoms with E-state index in [1.54, 1.807) is 6.92 Å².